The highest BCUT2D eigenvalue weighted by Gasteiger charge is 2.27. The van der Waals surface area contributed by atoms with Gasteiger partial charge in [-0.15, -0.1) is 0 Å². The Bertz CT molecular complexity index is 515. The Morgan fingerprint density at radius 1 is 1.26 bits per heavy atom. The maximum absolute atomic E-state index is 12.0. The van der Waals surface area contributed by atoms with Crippen LogP contribution in [-0.2, 0) is 9.59 Å². The van der Waals surface area contributed by atoms with Crippen LogP contribution in [0.3, 0.4) is 0 Å². The van der Waals surface area contributed by atoms with Crippen LogP contribution in [0.4, 0.5) is 0 Å². The highest BCUT2D eigenvalue weighted by molar-refractivity contribution is 5.80. The molecule has 2 rings (SSSR count). The molecule has 1 atom stereocenters. The molecule has 1 unspecified atom stereocenters. The van der Waals surface area contributed by atoms with Crippen LogP contribution in [-0.4, -0.2) is 73.4 Å². The fraction of sp³-hybridized carbons (Fsp3) is 0.850. The van der Waals surface area contributed by atoms with Crippen LogP contribution in [0.2, 0.25) is 0 Å². The van der Waals surface area contributed by atoms with Gasteiger partial charge in [0.2, 0.25) is 11.8 Å². The van der Waals surface area contributed by atoms with E-state index in [1.165, 1.54) is 0 Å². The molecule has 2 aliphatic rings. The summed E-state index contributed by atoms with van der Waals surface area (Å²) in [6.07, 6.45) is 6.28. The van der Waals surface area contributed by atoms with Gasteiger partial charge in [-0.3, -0.25) is 14.6 Å². The molecule has 2 fully saturated rings. The van der Waals surface area contributed by atoms with Gasteiger partial charge >= 0.3 is 0 Å². The second-order valence-electron chi connectivity index (χ2n) is 7.58. The summed E-state index contributed by atoms with van der Waals surface area (Å²) in [4.78, 5) is 32.8. The van der Waals surface area contributed by atoms with E-state index in [1.54, 1.807) is 7.05 Å². The van der Waals surface area contributed by atoms with E-state index >= 15 is 0 Å². The minimum absolute atomic E-state index is 0.135. The Labute approximate surface area is 163 Å². The lowest BCUT2D eigenvalue weighted by atomic mass is 9.93. The molecule has 27 heavy (non-hydrogen) atoms. The van der Waals surface area contributed by atoms with Gasteiger partial charge in [-0.1, -0.05) is 6.92 Å². The van der Waals surface area contributed by atoms with Crippen molar-refractivity contribution in [1.82, 2.24) is 20.4 Å². The number of hydrogen-bond acceptors (Lipinski definition) is 3. The molecule has 2 amide bonds. The van der Waals surface area contributed by atoms with Crippen molar-refractivity contribution < 1.29 is 9.59 Å². The van der Waals surface area contributed by atoms with Crippen molar-refractivity contribution in [1.29, 1.82) is 0 Å². The summed E-state index contributed by atoms with van der Waals surface area (Å²) < 4.78 is 0. The van der Waals surface area contributed by atoms with Crippen molar-refractivity contribution in [2.45, 2.75) is 64.8 Å². The van der Waals surface area contributed by atoms with Gasteiger partial charge in [0.25, 0.3) is 0 Å². The summed E-state index contributed by atoms with van der Waals surface area (Å²) in [5, 5.41) is 6.13. The molecule has 2 N–H and O–H groups in total. The molecule has 0 radical (unpaired) electrons. The first-order valence-corrected chi connectivity index (χ1v) is 10.6. The fourth-order valence-electron chi connectivity index (χ4n) is 4.09. The van der Waals surface area contributed by atoms with Crippen molar-refractivity contribution in [2.24, 2.45) is 10.9 Å². The van der Waals surface area contributed by atoms with Gasteiger partial charge in [0, 0.05) is 58.7 Å². The van der Waals surface area contributed by atoms with E-state index in [1.807, 2.05) is 4.90 Å². The van der Waals surface area contributed by atoms with Gasteiger partial charge in [0.05, 0.1) is 0 Å². The molecule has 154 valence electrons. The summed E-state index contributed by atoms with van der Waals surface area (Å²) in [5.41, 5.74) is 0. The molecule has 0 aromatic rings. The number of piperidine rings is 1. The van der Waals surface area contributed by atoms with Gasteiger partial charge in [-0.05, 0) is 44.9 Å². The zero-order valence-corrected chi connectivity index (χ0v) is 17.3. The van der Waals surface area contributed by atoms with Crippen molar-refractivity contribution >= 4 is 17.8 Å². The summed E-state index contributed by atoms with van der Waals surface area (Å²) in [6, 6.07) is 0.310. The number of amides is 2. The third-order valence-corrected chi connectivity index (χ3v) is 5.75. The first-order chi connectivity index (χ1) is 13.1. The Balaban J connectivity index is 1.85. The highest BCUT2D eigenvalue weighted by atomic mass is 16.2. The summed E-state index contributed by atoms with van der Waals surface area (Å²) >= 11 is 0. The van der Waals surface area contributed by atoms with Crippen LogP contribution >= 0.6 is 0 Å². The summed E-state index contributed by atoms with van der Waals surface area (Å²) in [6.45, 7) is 8.61. The van der Waals surface area contributed by atoms with Crippen LogP contribution in [0.1, 0.15) is 58.8 Å². The van der Waals surface area contributed by atoms with Crippen LogP contribution in [0, 0.1) is 5.92 Å². The number of nitrogens with zero attached hydrogens (tertiary/aromatic N) is 3. The lowest BCUT2D eigenvalue weighted by molar-refractivity contribution is -0.129. The van der Waals surface area contributed by atoms with Crippen LogP contribution in [0.15, 0.2) is 4.99 Å². The zero-order chi connectivity index (χ0) is 19.6. The number of likely N-dealkylation sites (tertiary alicyclic amines) is 2. The maximum Gasteiger partial charge on any atom is 0.222 e. The molecular formula is C20H37N5O2. The Morgan fingerprint density at radius 2 is 2.00 bits per heavy atom. The number of guanidine groups is 1. The molecule has 0 saturated carbocycles. The molecule has 7 heteroatoms. The molecule has 2 aliphatic heterocycles. The molecule has 2 heterocycles. The first kappa shape index (κ1) is 21.5. The largest absolute Gasteiger partial charge is 0.359 e. The Kier molecular flexibility index (Phi) is 8.88. The van der Waals surface area contributed by atoms with Crippen LogP contribution in [0.25, 0.3) is 0 Å². The van der Waals surface area contributed by atoms with E-state index in [4.69, 9.17) is 4.99 Å². The molecule has 0 bridgehead atoms. The second kappa shape index (κ2) is 11.1. The van der Waals surface area contributed by atoms with Gasteiger partial charge in [-0.2, -0.15) is 0 Å². The molecule has 7 nitrogen and oxygen atoms in total. The zero-order valence-electron chi connectivity index (χ0n) is 17.3. The number of hydrogen-bond donors (Lipinski definition) is 2. The number of aliphatic imine (C=N–C) groups is 1. The minimum atomic E-state index is 0.135. The van der Waals surface area contributed by atoms with Crippen LogP contribution in [0.5, 0.6) is 0 Å². The lowest BCUT2D eigenvalue weighted by Crippen LogP contribution is -2.46. The average molecular weight is 380 g/mol. The smallest absolute Gasteiger partial charge is 0.222 e. The second-order valence-corrected chi connectivity index (χ2v) is 7.58. The monoisotopic (exact) mass is 379 g/mol. The third-order valence-electron chi connectivity index (χ3n) is 5.75. The quantitative estimate of drug-likeness (QED) is 0.496. The van der Waals surface area contributed by atoms with Crippen molar-refractivity contribution in [2.75, 3.05) is 39.8 Å². The lowest BCUT2D eigenvalue weighted by Gasteiger charge is -2.34. The van der Waals surface area contributed by atoms with Gasteiger partial charge in [-0.25, -0.2) is 0 Å². The van der Waals surface area contributed by atoms with Crippen molar-refractivity contribution in [3.8, 4) is 0 Å². The third kappa shape index (κ3) is 6.40. The van der Waals surface area contributed by atoms with Gasteiger partial charge in [0.1, 0.15) is 0 Å². The maximum atomic E-state index is 12.0. The Morgan fingerprint density at radius 3 is 2.56 bits per heavy atom. The van der Waals surface area contributed by atoms with E-state index < -0.39 is 0 Å². The van der Waals surface area contributed by atoms with E-state index in [9.17, 15) is 9.59 Å². The SMILES string of the molecule is CCNC(=NCCC(CC)N1CCCC1=O)N1CCC(CC(=O)NC)CC1. The number of carbonyl (C=O) groups is 2. The predicted octanol–water partition coefficient (Wildman–Crippen LogP) is 1.59. The van der Waals surface area contributed by atoms with E-state index in [0.29, 0.717) is 30.7 Å². The van der Waals surface area contributed by atoms with E-state index in [-0.39, 0.29) is 5.91 Å². The van der Waals surface area contributed by atoms with E-state index in [2.05, 4.69) is 29.4 Å². The van der Waals surface area contributed by atoms with Crippen LogP contribution < -0.4 is 10.6 Å². The number of carbonyl (C=O) groups excluding carboxylic acids is 2. The normalized spacial score (nSPS) is 20.1. The highest BCUT2D eigenvalue weighted by Crippen LogP contribution is 2.21. The minimum Gasteiger partial charge on any atom is -0.359 e. The number of nitrogens with one attached hydrogen (secondary N) is 2. The Hall–Kier alpha value is -1.79. The molecule has 2 saturated heterocycles. The molecular weight excluding hydrogens is 342 g/mol. The molecule has 0 aromatic heterocycles. The predicted molar refractivity (Wildman–Crippen MR) is 109 cm³/mol. The fourth-order valence-corrected chi connectivity index (χ4v) is 4.09. The summed E-state index contributed by atoms with van der Waals surface area (Å²) in [5.74, 6) is 1.88. The molecule has 0 spiro atoms. The van der Waals surface area contributed by atoms with Gasteiger partial charge < -0.3 is 20.4 Å². The average Bonchev–Trinajstić information content (AvgIpc) is 3.10. The van der Waals surface area contributed by atoms with Gasteiger partial charge in [0.15, 0.2) is 5.96 Å². The first-order valence-electron chi connectivity index (χ1n) is 10.6. The van der Waals surface area contributed by atoms with E-state index in [0.717, 1.165) is 70.8 Å². The topological polar surface area (TPSA) is 77.0 Å². The number of rotatable bonds is 8. The standard InChI is InChI=1S/C20H37N5O2/c1-4-17(25-12-6-7-19(25)27)8-11-23-20(22-5-2)24-13-9-16(10-14-24)15-18(26)21-3/h16-17H,4-15H2,1-3H3,(H,21,26)(H,22,23). The molecule has 0 aliphatic carbocycles. The molecule has 0 aromatic carbocycles. The van der Waals surface area contributed by atoms with Crippen molar-refractivity contribution in [3.63, 3.8) is 0 Å². The summed E-state index contributed by atoms with van der Waals surface area (Å²) in [7, 11) is 1.70. The van der Waals surface area contributed by atoms with Crippen molar-refractivity contribution in [3.05, 3.63) is 0 Å².